The van der Waals surface area contributed by atoms with E-state index in [-0.39, 0.29) is 0 Å². The first-order valence-electron chi connectivity index (χ1n) is 7.16. The first-order chi connectivity index (χ1) is 10.2. The Morgan fingerprint density at radius 1 is 1.43 bits per heavy atom. The second-order valence-corrected chi connectivity index (χ2v) is 7.01. The van der Waals surface area contributed by atoms with Crippen LogP contribution < -0.4 is 10.2 Å². The van der Waals surface area contributed by atoms with Crippen LogP contribution in [0.5, 0.6) is 0 Å². The van der Waals surface area contributed by atoms with Gasteiger partial charge in [0.1, 0.15) is 0 Å². The fourth-order valence-electron chi connectivity index (χ4n) is 2.00. The Morgan fingerprint density at radius 3 is 2.95 bits per heavy atom. The van der Waals surface area contributed by atoms with Crippen molar-refractivity contribution in [1.29, 1.82) is 0 Å². The minimum absolute atomic E-state index is 0.576. The Bertz CT molecular complexity index is 525. The number of thiazole rings is 1. The highest BCUT2D eigenvalue weighted by Gasteiger charge is 2.14. The van der Waals surface area contributed by atoms with Gasteiger partial charge in [-0.2, -0.15) is 0 Å². The van der Waals surface area contributed by atoms with Crippen LogP contribution in [-0.4, -0.2) is 25.7 Å². The van der Waals surface area contributed by atoms with Crippen LogP contribution in [0.2, 0.25) is 0 Å². The van der Waals surface area contributed by atoms with Crippen LogP contribution in [0.1, 0.15) is 28.8 Å². The van der Waals surface area contributed by atoms with Crippen molar-refractivity contribution in [2.75, 3.05) is 25.6 Å². The molecule has 2 aromatic rings. The lowest BCUT2D eigenvalue weighted by atomic mass is 10.3. The van der Waals surface area contributed by atoms with Crippen LogP contribution in [-0.2, 0) is 24.4 Å². The Morgan fingerprint density at radius 2 is 2.29 bits per heavy atom. The van der Waals surface area contributed by atoms with Crippen LogP contribution in [0.3, 0.4) is 0 Å². The zero-order valence-electron chi connectivity index (χ0n) is 12.9. The summed E-state index contributed by atoms with van der Waals surface area (Å²) in [5.41, 5.74) is 1.05. The third-order valence-electron chi connectivity index (χ3n) is 3.06. The van der Waals surface area contributed by atoms with Crippen molar-refractivity contribution < 1.29 is 4.74 Å². The molecule has 2 rings (SSSR count). The van der Waals surface area contributed by atoms with Gasteiger partial charge < -0.3 is 15.0 Å². The van der Waals surface area contributed by atoms with Crippen molar-refractivity contribution in [2.24, 2.45) is 0 Å². The molecule has 2 heterocycles. The molecular formula is C15H23N3OS2. The smallest absolute Gasteiger partial charge is 0.185 e. The molecular weight excluding hydrogens is 302 g/mol. The molecule has 0 atom stereocenters. The fourth-order valence-corrected chi connectivity index (χ4v) is 3.75. The zero-order chi connectivity index (χ0) is 15.1. The standard InChI is InChI=1S/C15H23N3OS2/c1-4-7-16-9-14-13(11-19-3)17-15(21-14)18(2)10-12-6-5-8-20-12/h5-6,8,16H,4,7,9-11H2,1-3H3. The summed E-state index contributed by atoms with van der Waals surface area (Å²) in [4.78, 5) is 9.58. The van der Waals surface area contributed by atoms with Gasteiger partial charge in [0.05, 0.1) is 18.8 Å². The summed E-state index contributed by atoms with van der Waals surface area (Å²) < 4.78 is 5.27. The number of hydrogen-bond donors (Lipinski definition) is 1. The Labute approximate surface area is 134 Å². The van der Waals surface area contributed by atoms with Crippen molar-refractivity contribution in [3.05, 3.63) is 33.0 Å². The second-order valence-electron chi connectivity index (χ2n) is 4.91. The van der Waals surface area contributed by atoms with Gasteiger partial charge in [-0.05, 0) is 24.4 Å². The molecule has 6 heteroatoms. The lowest BCUT2D eigenvalue weighted by molar-refractivity contribution is 0.181. The molecule has 0 saturated carbocycles. The molecule has 0 aliphatic rings. The van der Waals surface area contributed by atoms with E-state index in [0.717, 1.165) is 36.9 Å². The summed E-state index contributed by atoms with van der Waals surface area (Å²) in [6.45, 7) is 5.56. The van der Waals surface area contributed by atoms with Crippen LogP contribution in [0.25, 0.3) is 0 Å². The number of ether oxygens (including phenoxy) is 1. The monoisotopic (exact) mass is 325 g/mol. The van der Waals surface area contributed by atoms with Crippen molar-refractivity contribution >= 4 is 27.8 Å². The van der Waals surface area contributed by atoms with Crippen molar-refractivity contribution in [1.82, 2.24) is 10.3 Å². The number of nitrogens with one attached hydrogen (secondary N) is 1. The summed E-state index contributed by atoms with van der Waals surface area (Å²) in [7, 11) is 3.82. The minimum Gasteiger partial charge on any atom is -0.378 e. The largest absolute Gasteiger partial charge is 0.378 e. The lowest BCUT2D eigenvalue weighted by Gasteiger charge is -2.14. The first kappa shape index (κ1) is 16.4. The SMILES string of the molecule is CCCNCc1sc(N(C)Cc2cccs2)nc1COC. The predicted molar refractivity (Wildman–Crippen MR) is 91.3 cm³/mol. The second kappa shape index (κ2) is 8.48. The molecule has 21 heavy (non-hydrogen) atoms. The van der Waals surface area contributed by atoms with E-state index in [4.69, 9.17) is 9.72 Å². The fraction of sp³-hybridized carbons (Fsp3) is 0.533. The average Bonchev–Trinajstić information content (AvgIpc) is 3.10. The normalized spacial score (nSPS) is 11.0. The number of anilines is 1. The van der Waals surface area contributed by atoms with E-state index in [1.165, 1.54) is 9.75 Å². The maximum absolute atomic E-state index is 5.27. The molecule has 0 bridgehead atoms. The molecule has 0 aliphatic carbocycles. The molecule has 0 aromatic carbocycles. The summed E-state index contributed by atoms with van der Waals surface area (Å²) in [6.07, 6.45) is 1.14. The van der Waals surface area contributed by atoms with Gasteiger partial charge in [-0.1, -0.05) is 13.0 Å². The number of thiophene rings is 1. The van der Waals surface area contributed by atoms with Gasteiger partial charge in [-0.15, -0.1) is 22.7 Å². The van der Waals surface area contributed by atoms with Gasteiger partial charge in [0.15, 0.2) is 5.13 Å². The molecule has 0 radical (unpaired) electrons. The van der Waals surface area contributed by atoms with Gasteiger partial charge in [0, 0.05) is 30.5 Å². The van der Waals surface area contributed by atoms with E-state index in [1.807, 2.05) is 0 Å². The highest BCUT2D eigenvalue weighted by Crippen LogP contribution is 2.27. The predicted octanol–water partition coefficient (Wildman–Crippen LogP) is 3.49. The molecule has 0 saturated heterocycles. The van der Waals surface area contributed by atoms with Crippen LogP contribution in [0.4, 0.5) is 5.13 Å². The van der Waals surface area contributed by atoms with E-state index < -0.39 is 0 Å². The van der Waals surface area contributed by atoms with Crippen molar-refractivity contribution in [2.45, 2.75) is 33.0 Å². The zero-order valence-corrected chi connectivity index (χ0v) is 14.5. The summed E-state index contributed by atoms with van der Waals surface area (Å²) in [6, 6.07) is 4.25. The highest BCUT2D eigenvalue weighted by molar-refractivity contribution is 7.15. The van der Waals surface area contributed by atoms with Crippen molar-refractivity contribution in [3.63, 3.8) is 0 Å². The van der Waals surface area contributed by atoms with Gasteiger partial charge in [-0.25, -0.2) is 4.98 Å². The van der Waals surface area contributed by atoms with E-state index >= 15 is 0 Å². The number of nitrogens with zero attached hydrogens (tertiary/aromatic N) is 2. The minimum atomic E-state index is 0.576. The molecule has 0 spiro atoms. The molecule has 0 aliphatic heterocycles. The number of rotatable bonds is 9. The Hall–Kier alpha value is -0.950. The van der Waals surface area contributed by atoms with Gasteiger partial charge in [0.2, 0.25) is 0 Å². The van der Waals surface area contributed by atoms with E-state index in [0.29, 0.717) is 6.61 Å². The molecule has 2 aromatic heterocycles. The summed E-state index contributed by atoms with van der Waals surface area (Å²) in [5.74, 6) is 0. The third kappa shape index (κ3) is 4.78. The third-order valence-corrected chi connectivity index (χ3v) is 5.13. The van der Waals surface area contributed by atoms with E-state index in [2.05, 4.69) is 41.7 Å². The maximum atomic E-state index is 5.27. The van der Waals surface area contributed by atoms with E-state index in [1.54, 1.807) is 29.8 Å². The quantitative estimate of drug-likeness (QED) is 0.716. The Kier molecular flexibility index (Phi) is 6.63. The average molecular weight is 326 g/mol. The van der Waals surface area contributed by atoms with Crippen molar-refractivity contribution in [3.8, 4) is 0 Å². The van der Waals surface area contributed by atoms with Crippen LogP contribution in [0.15, 0.2) is 17.5 Å². The van der Waals surface area contributed by atoms with E-state index in [9.17, 15) is 0 Å². The van der Waals surface area contributed by atoms with Gasteiger partial charge >= 0.3 is 0 Å². The topological polar surface area (TPSA) is 37.4 Å². The summed E-state index contributed by atoms with van der Waals surface area (Å²) in [5, 5.41) is 6.62. The maximum Gasteiger partial charge on any atom is 0.185 e. The van der Waals surface area contributed by atoms with Gasteiger partial charge in [0.25, 0.3) is 0 Å². The van der Waals surface area contributed by atoms with Crippen LogP contribution in [0, 0.1) is 0 Å². The molecule has 0 amide bonds. The van der Waals surface area contributed by atoms with Crippen LogP contribution >= 0.6 is 22.7 Å². The molecule has 4 nitrogen and oxygen atoms in total. The molecule has 1 N–H and O–H groups in total. The molecule has 0 fully saturated rings. The number of methoxy groups -OCH3 is 1. The first-order valence-corrected chi connectivity index (χ1v) is 8.86. The molecule has 116 valence electrons. The van der Waals surface area contributed by atoms with Gasteiger partial charge in [-0.3, -0.25) is 0 Å². The Balaban J connectivity index is 2.06. The number of hydrogen-bond acceptors (Lipinski definition) is 6. The summed E-state index contributed by atoms with van der Waals surface area (Å²) >= 11 is 3.54. The number of aromatic nitrogens is 1. The lowest BCUT2D eigenvalue weighted by Crippen LogP contribution is -2.15. The highest BCUT2D eigenvalue weighted by atomic mass is 32.1. The molecule has 0 unspecified atom stereocenters.